The number of rotatable bonds is 4. The van der Waals surface area contributed by atoms with Crippen molar-refractivity contribution in [3.05, 3.63) is 34.3 Å². The summed E-state index contributed by atoms with van der Waals surface area (Å²) in [5.41, 5.74) is 0.552. The zero-order valence-corrected chi connectivity index (χ0v) is 13.5. The van der Waals surface area contributed by atoms with Crippen LogP contribution in [0.5, 0.6) is 0 Å². The highest BCUT2D eigenvalue weighted by molar-refractivity contribution is 5.93. The highest BCUT2D eigenvalue weighted by atomic mass is 17.0. The molecule has 4 heterocycles. The van der Waals surface area contributed by atoms with Crippen LogP contribution >= 0.6 is 0 Å². The summed E-state index contributed by atoms with van der Waals surface area (Å²) in [6, 6.07) is 1.68. The standard InChI is InChI=1S/C15H19N3O7/c19-15(10-1-6-22-7-10)17-4-2-16(3-5-17)11-8-23-14-12(25-18(20)21)9-24-13(11)14/h1,6-7,11-14H,2-5,8-9H2/t11-,12-,13+,14+/m0/s1. The van der Waals surface area contributed by atoms with Crippen LogP contribution in [0.15, 0.2) is 23.0 Å². The van der Waals surface area contributed by atoms with Crippen molar-refractivity contribution in [1.29, 1.82) is 0 Å². The summed E-state index contributed by atoms with van der Waals surface area (Å²) >= 11 is 0. The normalized spacial score (nSPS) is 32.6. The van der Waals surface area contributed by atoms with Gasteiger partial charge in [0.1, 0.15) is 18.5 Å². The van der Waals surface area contributed by atoms with E-state index in [1.807, 2.05) is 0 Å². The average molecular weight is 353 g/mol. The number of ether oxygens (including phenoxy) is 2. The summed E-state index contributed by atoms with van der Waals surface area (Å²) in [4.78, 5) is 31.5. The number of hydrogen-bond donors (Lipinski definition) is 0. The number of amides is 1. The molecule has 0 N–H and O–H groups in total. The van der Waals surface area contributed by atoms with E-state index in [1.54, 1.807) is 11.0 Å². The number of furan rings is 1. The zero-order valence-electron chi connectivity index (χ0n) is 13.5. The predicted octanol–water partition coefficient (Wildman–Crippen LogP) is -0.219. The van der Waals surface area contributed by atoms with Crippen LogP contribution in [-0.4, -0.2) is 84.5 Å². The maximum Gasteiger partial charge on any atom is 0.294 e. The molecule has 1 aromatic rings. The second-order valence-electron chi connectivity index (χ2n) is 6.37. The van der Waals surface area contributed by atoms with Gasteiger partial charge >= 0.3 is 0 Å². The van der Waals surface area contributed by atoms with Gasteiger partial charge in [-0.3, -0.25) is 9.69 Å². The second-order valence-corrected chi connectivity index (χ2v) is 6.37. The Morgan fingerprint density at radius 1 is 1.20 bits per heavy atom. The summed E-state index contributed by atoms with van der Waals surface area (Å²) < 4.78 is 16.4. The highest BCUT2D eigenvalue weighted by Crippen LogP contribution is 2.32. The average Bonchev–Trinajstić information content (AvgIpc) is 3.33. The van der Waals surface area contributed by atoms with Crippen LogP contribution in [0.1, 0.15) is 10.4 Å². The molecule has 1 amide bonds. The lowest BCUT2D eigenvalue weighted by Gasteiger charge is -2.38. The Kier molecular flexibility index (Phi) is 4.32. The SMILES string of the molecule is O=C(c1ccoc1)N1CCN([C@H]2CO[C@H]3[C@@H]2OC[C@@H]3O[N+](=O)[O-])CC1. The molecule has 0 unspecified atom stereocenters. The van der Waals surface area contributed by atoms with Gasteiger partial charge in [-0.05, 0) is 6.07 Å². The Morgan fingerprint density at radius 2 is 1.96 bits per heavy atom. The van der Waals surface area contributed by atoms with Crippen molar-refractivity contribution in [2.75, 3.05) is 39.4 Å². The van der Waals surface area contributed by atoms with Crippen LogP contribution in [0.25, 0.3) is 0 Å². The Balaban J connectivity index is 1.33. The van der Waals surface area contributed by atoms with Gasteiger partial charge in [0.15, 0.2) is 6.10 Å². The molecule has 4 rings (SSSR count). The van der Waals surface area contributed by atoms with Crippen molar-refractivity contribution in [3.8, 4) is 0 Å². The maximum atomic E-state index is 12.3. The number of nitrogens with zero attached hydrogens (tertiary/aromatic N) is 3. The Hall–Kier alpha value is -2.17. The van der Waals surface area contributed by atoms with Crippen molar-refractivity contribution in [2.45, 2.75) is 24.4 Å². The van der Waals surface area contributed by atoms with E-state index in [2.05, 4.69) is 9.74 Å². The molecule has 0 bridgehead atoms. The molecule has 1 aromatic heterocycles. The zero-order chi connectivity index (χ0) is 17.4. The van der Waals surface area contributed by atoms with Gasteiger partial charge in [-0.1, -0.05) is 0 Å². The number of carbonyl (C=O) groups is 1. The third kappa shape index (κ3) is 3.08. The third-order valence-electron chi connectivity index (χ3n) is 5.04. The molecule has 3 aliphatic rings. The molecule has 25 heavy (non-hydrogen) atoms. The van der Waals surface area contributed by atoms with Crippen molar-refractivity contribution < 1.29 is 28.6 Å². The van der Waals surface area contributed by atoms with Crippen LogP contribution in [-0.2, 0) is 14.3 Å². The number of piperazine rings is 1. The molecule has 0 saturated carbocycles. The smallest absolute Gasteiger partial charge is 0.294 e. The first kappa shape index (κ1) is 16.3. The highest BCUT2D eigenvalue weighted by Gasteiger charge is 2.51. The van der Waals surface area contributed by atoms with Crippen LogP contribution < -0.4 is 0 Å². The van der Waals surface area contributed by atoms with E-state index in [0.29, 0.717) is 38.3 Å². The summed E-state index contributed by atoms with van der Waals surface area (Å²) in [6.07, 6.45) is 1.61. The van der Waals surface area contributed by atoms with E-state index in [1.165, 1.54) is 12.5 Å². The molecular formula is C15H19N3O7. The Labute approximate surface area is 143 Å². The van der Waals surface area contributed by atoms with E-state index >= 15 is 0 Å². The van der Waals surface area contributed by atoms with E-state index in [4.69, 9.17) is 13.9 Å². The van der Waals surface area contributed by atoms with Crippen molar-refractivity contribution in [1.82, 2.24) is 9.80 Å². The fourth-order valence-electron chi connectivity index (χ4n) is 3.78. The van der Waals surface area contributed by atoms with Gasteiger partial charge in [-0.2, -0.15) is 0 Å². The number of fused-ring (bicyclic) bond motifs is 1. The van der Waals surface area contributed by atoms with Gasteiger partial charge in [-0.25, -0.2) is 0 Å². The van der Waals surface area contributed by atoms with Gasteiger partial charge in [0.2, 0.25) is 0 Å². The lowest BCUT2D eigenvalue weighted by Crippen LogP contribution is -2.55. The fourth-order valence-corrected chi connectivity index (χ4v) is 3.78. The second kappa shape index (κ2) is 6.62. The summed E-state index contributed by atoms with van der Waals surface area (Å²) in [5, 5.41) is 9.74. The third-order valence-corrected chi connectivity index (χ3v) is 5.04. The molecule has 0 spiro atoms. The van der Waals surface area contributed by atoms with Crippen LogP contribution in [0.3, 0.4) is 0 Å². The molecule has 0 aromatic carbocycles. The fraction of sp³-hybridized carbons (Fsp3) is 0.667. The quantitative estimate of drug-likeness (QED) is 0.540. The molecule has 0 radical (unpaired) electrons. The van der Waals surface area contributed by atoms with Gasteiger partial charge < -0.3 is 23.6 Å². The van der Waals surface area contributed by atoms with Crippen LogP contribution in [0.4, 0.5) is 0 Å². The molecule has 0 aliphatic carbocycles. The lowest BCUT2D eigenvalue weighted by atomic mass is 10.1. The van der Waals surface area contributed by atoms with Gasteiger partial charge in [0.05, 0.1) is 31.1 Å². The minimum absolute atomic E-state index is 0.0246. The monoisotopic (exact) mass is 353 g/mol. The minimum Gasteiger partial charge on any atom is -0.472 e. The van der Waals surface area contributed by atoms with E-state index < -0.39 is 17.3 Å². The van der Waals surface area contributed by atoms with Crippen LogP contribution in [0, 0.1) is 10.1 Å². The molecule has 10 heteroatoms. The Morgan fingerprint density at radius 3 is 2.64 bits per heavy atom. The van der Waals surface area contributed by atoms with Crippen molar-refractivity contribution >= 4 is 5.91 Å². The lowest BCUT2D eigenvalue weighted by molar-refractivity contribution is -0.769. The maximum absolute atomic E-state index is 12.3. The minimum atomic E-state index is -0.798. The topological polar surface area (TPSA) is 108 Å². The first-order valence-electron chi connectivity index (χ1n) is 8.23. The first-order chi connectivity index (χ1) is 12.1. The molecule has 3 aliphatic heterocycles. The molecule has 3 saturated heterocycles. The van der Waals surface area contributed by atoms with E-state index in [-0.39, 0.29) is 24.7 Å². The van der Waals surface area contributed by atoms with Crippen molar-refractivity contribution in [3.63, 3.8) is 0 Å². The van der Waals surface area contributed by atoms with E-state index in [0.717, 1.165) is 0 Å². The summed E-state index contributed by atoms with van der Waals surface area (Å²) in [6.45, 7) is 3.21. The molecule has 4 atom stereocenters. The van der Waals surface area contributed by atoms with E-state index in [9.17, 15) is 14.9 Å². The van der Waals surface area contributed by atoms with Gasteiger partial charge in [0.25, 0.3) is 11.0 Å². The number of hydrogen-bond acceptors (Lipinski definition) is 8. The molecule has 10 nitrogen and oxygen atoms in total. The Bertz CT molecular complexity index is 629. The van der Waals surface area contributed by atoms with Gasteiger partial charge in [-0.15, -0.1) is 10.1 Å². The summed E-state index contributed by atoms with van der Waals surface area (Å²) in [5.74, 6) is -0.0366. The molecular weight excluding hydrogens is 334 g/mol. The predicted molar refractivity (Wildman–Crippen MR) is 81.3 cm³/mol. The first-order valence-corrected chi connectivity index (χ1v) is 8.23. The van der Waals surface area contributed by atoms with Crippen molar-refractivity contribution in [2.24, 2.45) is 0 Å². The number of carbonyl (C=O) groups excluding carboxylic acids is 1. The van der Waals surface area contributed by atoms with Crippen LogP contribution in [0.2, 0.25) is 0 Å². The largest absolute Gasteiger partial charge is 0.472 e. The van der Waals surface area contributed by atoms with Gasteiger partial charge in [0, 0.05) is 26.2 Å². The molecule has 136 valence electrons. The molecule has 3 fully saturated rings. The summed E-state index contributed by atoms with van der Waals surface area (Å²) in [7, 11) is 0.